The van der Waals surface area contributed by atoms with E-state index in [-0.39, 0.29) is 12.0 Å². The van der Waals surface area contributed by atoms with Crippen LogP contribution in [0.1, 0.15) is 20.3 Å². The summed E-state index contributed by atoms with van der Waals surface area (Å²) in [6.45, 7) is 3.37. The molecule has 0 aromatic rings. The van der Waals surface area contributed by atoms with Crippen LogP contribution in [0.2, 0.25) is 0 Å². The first-order valence-corrected chi connectivity index (χ1v) is 4.46. The van der Waals surface area contributed by atoms with Gasteiger partial charge in [-0.15, -0.1) is 0 Å². The molecule has 82 valence electrons. The van der Waals surface area contributed by atoms with Gasteiger partial charge < -0.3 is 10.2 Å². The van der Waals surface area contributed by atoms with Crippen molar-refractivity contribution in [3.63, 3.8) is 0 Å². The van der Waals surface area contributed by atoms with Crippen molar-refractivity contribution in [2.24, 2.45) is 0 Å². The van der Waals surface area contributed by atoms with Crippen molar-refractivity contribution in [3.05, 3.63) is 35.5 Å². The summed E-state index contributed by atoms with van der Waals surface area (Å²) in [6, 6.07) is 0. The van der Waals surface area contributed by atoms with Gasteiger partial charge in [-0.25, -0.2) is 9.59 Å². The normalized spacial score (nSPS) is 13.2. The largest absolute Gasteiger partial charge is 0.478 e. The molecule has 4 heteroatoms. The van der Waals surface area contributed by atoms with Crippen LogP contribution in [0.5, 0.6) is 0 Å². The predicted molar refractivity (Wildman–Crippen MR) is 56.5 cm³/mol. The Hall–Kier alpha value is -1.84. The van der Waals surface area contributed by atoms with Crippen LogP contribution in [0, 0.1) is 0 Å². The summed E-state index contributed by atoms with van der Waals surface area (Å²) in [5.41, 5.74) is 0.908. The third-order valence-corrected chi connectivity index (χ3v) is 1.83. The van der Waals surface area contributed by atoms with Gasteiger partial charge in [-0.3, -0.25) is 0 Å². The molecule has 2 N–H and O–H groups in total. The Morgan fingerprint density at radius 3 is 2.00 bits per heavy atom. The monoisotopic (exact) mass is 210 g/mol. The quantitative estimate of drug-likeness (QED) is 0.537. The van der Waals surface area contributed by atoms with Gasteiger partial charge in [-0.1, -0.05) is 18.2 Å². The van der Waals surface area contributed by atoms with E-state index < -0.39 is 11.9 Å². The smallest absolute Gasteiger partial charge is 0.331 e. The van der Waals surface area contributed by atoms with E-state index in [4.69, 9.17) is 10.2 Å². The van der Waals surface area contributed by atoms with Crippen LogP contribution in [0.15, 0.2) is 35.5 Å². The molecule has 0 saturated heterocycles. The van der Waals surface area contributed by atoms with Crippen molar-refractivity contribution in [1.29, 1.82) is 0 Å². The average Bonchev–Trinajstić information content (AvgIpc) is 2.17. The molecule has 4 nitrogen and oxygen atoms in total. The van der Waals surface area contributed by atoms with Crippen LogP contribution in [0.3, 0.4) is 0 Å². The molecule has 0 fully saturated rings. The van der Waals surface area contributed by atoms with Crippen molar-refractivity contribution in [2.45, 2.75) is 20.3 Å². The van der Waals surface area contributed by atoms with Gasteiger partial charge >= 0.3 is 11.9 Å². The first-order chi connectivity index (χ1) is 7.01. The lowest BCUT2D eigenvalue weighted by Crippen LogP contribution is -2.01. The molecule has 0 amide bonds. The zero-order valence-electron chi connectivity index (χ0n) is 8.73. The van der Waals surface area contributed by atoms with Crippen molar-refractivity contribution in [3.8, 4) is 0 Å². The van der Waals surface area contributed by atoms with Gasteiger partial charge in [-0.05, 0) is 19.4 Å². The van der Waals surface area contributed by atoms with Gasteiger partial charge in [0.2, 0.25) is 0 Å². The number of aliphatic carboxylic acids is 2. The highest BCUT2D eigenvalue weighted by Gasteiger charge is 2.06. The molecular weight excluding hydrogens is 196 g/mol. The second-order valence-electron chi connectivity index (χ2n) is 2.83. The summed E-state index contributed by atoms with van der Waals surface area (Å²) in [5.74, 6) is -2.03. The topological polar surface area (TPSA) is 74.6 Å². The van der Waals surface area contributed by atoms with E-state index in [0.29, 0.717) is 5.57 Å². The number of allylic oxidation sites excluding steroid dienone is 4. The first-order valence-electron chi connectivity index (χ1n) is 4.46. The van der Waals surface area contributed by atoms with Gasteiger partial charge in [0, 0.05) is 18.1 Å². The molecule has 0 atom stereocenters. The van der Waals surface area contributed by atoms with E-state index in [1.807, 2.05) is 0 Å². The van der Waals surface area contributed by atoms with Gasteiger partial charge in [-0.2, -0.15) is 0 Å². The van der Waals surface area contributed by atoms with Crippen molar-refractivity contribution in [1.82, 2.24) is 0 Å². The average molecular weight is 210 g/mol. The standard InChI is InChI=1S/C11H14O4/c1-3-8(5-6-10(12)13)7-9(4-2)11(14)15/h3-6H,7H2,1-2H3,(H,12,13)(H,14,15)/b6-5?,8-3?,9-4+. The van der Waals surface area contributed by atoms with E-state index in [2.05, 4.69) is 0 Å². The van der Waals surface area contributed by atoms with Crippen LogP contribution in [-0.2, 0) is 9.59 Å². The van der Waals surface area contributed by atoms with Crippen LogP contribution in [0.4, 0.5) is 0 Å². The van der Waals surface area contributed by atoms with Crippen LogP contribution in [0.25, 0.3) is 0 Å². The Bertz CT molecular complexity index is 334. The number of hydrogen-bond donors (Lipinski definition) is 2. The lowest BCUT2D eigenvalue weighted by molar-refractivity contribution is -0.133. The van der Waals surface area contributed by atoms with Gasteiger partial charge in [0.15, 0.2) is 0 Å². The number of carboxylic acid groups (broad SMARTS) is 2. The Balaban J connectivity index is 4.62. The number of carbonyl (C=O) groups is 2. The Kier molecular flexibility index (Phi) is 5.78. The summed E-state index contributed by atoms with van der Waals surface area (Å²) in [4.78, 5) is 20.9. The maximum absolute atomic E-state index is 10.7. The first kappa shape index (κ1) is 13.2. The minimum absolute atomic E-state index is 0.228. The van der Waals surface area contributed by atoms with Gasteiger partial charge in [0.05, 0.1) is 0 Å². The highest BCUT2D eigenvalue weighted by molar-refractivity contribution is 5.87. The fourth-order valence-corrected chi connectivity index (χ4v) is 0.957. The van der Waals surface area contributed by atoms with Crippen LogP contribution < -0.4 is 0 Å². The molecule has 0 bridgehead atoms. The van der Waals surface area contributed by atoms with Gasteiger partial charge in [0.1, 0.15) is 0 Å². The predicted octanol–water partition coefficient (Wildman–Crippen LogP) is 1.99. The van der Waals surface area contributed by atoms with Crippen molar-refractivity contribution < 1.29 is 19.8 Å². The Morgan fingerprint density at radius 2 is 1.67 bits per heavy atom. The van der Waals surface area contributed by atoms with E-state index >= 15 is 0 Å². The van der Waals surface area contributed by atoms with E-state index in [1.165, 1.54) is 12.2 Å². The molecule has 0 aromatic heterocycles. The lowest BCUT2D eigenvalue weighted by Gasteiger charge is -2.01. The second-order valence-corrected chi connectivity index (χ2v) is 2.83. The SMILES string of the molecule is CC=C(C=CC(=O)O)C/C(=C\C)C(=O)O. The fraction of sp³-hybridized carbons (Fsp3) is 0.273. The molecular formula is C11H14O4. The summed E-state index contributed by atoms with van der Waals surface area (Å²) < 4.78 is 0. The van der Waals surface area contributed by atoms with Crippen LogP contribution in [-0.4, -0.2) is 22.2 Å². The maximum atomic E-state index is 10.7. The summed E-state index contributed by atoms with van der Waals surface area (Å²) >= 11 is 0. The molecule has 0 aliphatic heterocycles. The highest BCUT2D eigenvalue weighted by Crippen LogP contribution is 2.12. The molecule has 0 radical (unpaired) electrons. The minimum Gasteiger partial charge on any atom is -0.478 e. The molecule has 15 heavy (non-hydrogen) atoms. The zero-order chi connectivity index (χ0) is 11.8. The summed E-state index contributed by atoms with van der Waals surface area (Å²) in [5, 5.41) is 17.2. The molecule has 0 aliphatic carbocycles. The molecule has 0 unspecified atom stereocenters. The van der Waals surface area contributed by atoms with E-state index in [9.17, 15) is 9.59 Å². The number of carboxylic acids is 2. The van der Waals surface area contributed by atoms with E-state index in [0.717, 1.165) is 6.08 Å². The lowest BCUT2D eigenvalue weighted by atomic mass is 10.0. The van der Waals surface area contributed by atoms with Gasteiger partial charge in [0.25, 0.3) is 0 Å². The maximum Gasteiger partial charge on any atom is 0.331 e. The minimum atomic E-state index is -1.05. The van der Waals surface area contributed by atoms with Crippen molar-refractivity contribution >= 4 is 11.9 Å². The number of hydrogen-bond acceptors (Lipinski definition) is 2. The highest BCUT2D eigenvalue weighted by atomic mass is 16.4. The molecule has 0 heterocycles. The van der Waals surface area contributed by atoms with Crippen LogP contribution >= 0.6 is 0 Å². The molecule has 0 aromatic carbocycles. The molecule has 0 spiro atoms. The van der Waals surface area contributed by atoms with E-state index in [1.54, 1.807) is 19.9 Å². The molecule has 0 aliphatic rings. The Labute approximate surface area is 88.2 Å². The zero-order valence-corrected chi connectivity index (χ0v) is 8.73. The van der Waals surface area contributed by atoms with Crippen molar-refractivity contribution in [2.75, 3.05) is 0 Å². The summed E-state index contributed by atoms with van der Waals surface area (Å²) in [6.07, 6.45) is 5.80. The fourth-order valence-electron chi connectivity index (χ4n) is 0.957. The Morgan fingerprint density at radius 1 is 1.07 bits per heavy atom. The number of rotatable bonds is 5. The third kappa shape index (κ3) is 5.46. The second kappa shape index (κ2) is 6.59. The third-order valence-electron chi connectivity index (χ3n) is 1.83. The molecule has 0 rings (SSSR count). The molecule has 0 saturated carbocycles. The summed E-state index contributed by atoms with van der Waals surface area (Å²) in [7, 11) is 0.